The average molecular weight is 375 g/mol. The molecule has 0 aromatic rings. The van der Waals surface area contributed by atoms with Crippen LogP contribution in [0.1, 0.15) is 19.8 Å². The molecule has 1 saturated carbocycles. The molecule has 0 saturated heterocycles. The number of hydrogen-bond acceptors (Lipinski definition) is 3. The normalized spacial score (nSPS) is 23.8. The van der Waals surface area contributed by atoms with Crippen LogP contribution in [0.15, 0.2) is 4.99 Å². The van der Waals surface area contributed by atoms with Gasteiger partial charge in [-0.05, 0) is 18.8 Å². The summed E-state index contributed by atoms with van der Waals surface area (Å²) >= 11 is 0. The number of rotatable bonds is 5. The molecule has 0 amide bonds. The summed E-state index contributed by atoms with van der Waals surface area (Å²) in [6.07, 6.45) is 3.05. The SMILES string of the molecule is CN=C(NCCCS(C)(=O)=O)NC1CC1C.I. The minimum Gasteiger partial charge on any atom is -0.356 e. The second-order valence-corrected chi connectivity index (χ2v) is 6.71. The molecule has 0 aliphatic heterocycles. The van der Waals surface area contributed by atoms with Crippen LogP contribution in [0.5, 0.6) is 0 Å². The minimum atomic E-state index is -2.85. The van der Waals surface area contributed by atoms with E-state index in [1.807, 2.05) is 0 Å². The fourth-order valence-electron chi connectivity index (χ4n) is 1.43. The van der Waals surface area contributed by atoms with Crippen LogP contribution in [-0.4, -0.2) is 46.0 Å². The van der Waals surface area contributed by atoms with Crippen molar-refractivity contribution in [3.8, 4) is 0 Å². The molecule has 0 bridgehead atoms. The van der Waals surface area contributed by atoms with Gasteiger partial charge in [0.1, 0.15) is 9.84 Å². The second-order valence-electron chi connectivity index (χ2n) is 4.45. The first kappa shape index (κ1) is 16.9. The van der Waals surface area contributed by atoms with E-state index in [9.17, 15) is 8.42 Å². The Morgan fingerprint density at radius 1 is 1.47 bits per heavy atom. The lowest BCUT2D eigenvalue weighted by atomic mass is 10.4. The van der Waals surface area contributed by atoms with Gasteiger partial charge in [0.15, 0.2) is 5.96 Å². The summed E-state index contributed by atoms with van der Waals surface area (Å²) in [7, 11) is -1.13. The molecular weight excluding hydrogens is 353 g/mol. The molecule has 2 N–H and O–H groups in total. The zero-order valence-corrected chi connectivity index (χ0v) is 13.7. The maximum atomic E-state index is 10.9. The zero-order valence-electron chi connectivity index (χ0n) is 10.6. The molecule has 0 spiro atoms. The Hall–Kier alpha value is -0.0500. The monoisotopic (exact) mass is 375 g/mol. The first-order chi connectivity index (χ1) is 7.42. The van der Waals surface area contributed by atoms with Crippen molar-refractivity contribution in [2.45, 2.75) is 25.8 Å². The Morgan fingerprint density at radius 3 is 2.47 bits per heavy atom. The Bertz CT molecular complexity index is 357. The fraction of sp³-hybridized carbons (Fsp3) is 0.900. The lowest BCUT2D eigenvalue weighted by molar-refractivity contribution is 0.598. The van der Waals surface area contributed by atoms with Crippen LogP contribution in [-0.2, 0) is 9.84 Å². The van der Waals surface area contributed by atoms with Gasteiger partial charge in [0, 0.05) is 25.9 Å². The van der Waals surface area contributed by atoms with Gasteiger partial charge in [0.2, 0.25) is 0 Å². The number of nitrogens with one attached hydrogen (secondary N) is 2. The molecule has 17 heavy (non-hydrogen) atoms. The van der Waals surface area contributed by atoms with Crippen molar-refractivity contribution >= 4 is 39.8 Å². The van der Waals surface area contributed by atoms with Crippen molar-refractivity contribution < 1.29 is 8.42 Å². The van der Waals surface area contributed by atoms with Crippen LogP contribution in [0.3, 0.4) is 0 Å². The summed E-state index contributed by atoms with van der Waals surface area (Å²) in [4.78, 5) is 4.08. The molecule has 2 atom stereocenters. The van der Waals surface area contributed by atoms with Gasteiger partial charge in [-0.15, -0.1) is 24.0 Å². The highest BCUT2D eigenvalue weighted by atomic mass is 127. The highest BCUT2D eigenvalue weighted by Gasteiger charge is 2.33. The molecule has 0 aromatic carbocycles. The Morgan fingerprint density at radius 2 is 2.06 bits per heavy atom. The summed E-state index contributed by atoms with van der Waals surface area (Å²) in [6, 6.07) is 0.529. The molecule has 102 valence electrons. The van der Waals surface area contributed by atoms with Crippen LogP contribution >= 0.6 is 24.0 Å². The van der Waals surface area contributed by atoms with Gasteiger partial charge in [-0.3, -0.25) is 4.99 Å². The first-order valence-corrected chi connectivity index (χ1v) is 7.63. The van der Waals surface area contributed by atoms with Crippen LogP contribution in [0.25, 0.3) is 0 Å². The molecule has 5 nitrogen and oxygen atoms in total. The summed E-state index contributed by atoms with van der Waals surface area (Å²) in [5, 5.41) is 6.39. The van der Waals surface area contributed by atoms with Gasteiger partial charge in [0.25, 0.3) is 0 Å². The number of halogens is 1. The van der Waals surface area contributed by atoms with Gasteiger partial charge < -0.3 is 10.6 Å². The maximum Gasteiger partial charge on any atom is 0.191 e. The predicted octanol–water partition coefficient (Wildman–Crippen LogP) is 0.612. The largest absolute Gasteiger partial charge is 0.356 e. The van der Waals surface area contributed by atoms with Crippen molar-refractivity contribution in [3.63, 3.8) is 0 Å². The van der Waals surface area contributed by atoms with Crippen molar-refractivity contribution in [1.82, 2.24) is 10.6 Å². The molecule has 0 aromatic heterocycles. The van der Waals surface area contributed by atoms with E-state index in [4.69, 9.17) is 0 Å². The highest BCUT2D eigenvalue weighted by Crippen LogP contribution is 2.28. The van der Waals surface area contributed by atoms with Crippen molar-refractivity contribution in [3.05, 3.63) is 0 Å². The van der Waals surface area contributed by atoms with Crippen LogP contribution in [0, 0.1) is 5.92 Å². The topological polar surface area (TPSA) is 70.6 Å². The summed E-state index contributed by atoms with van der Waals surface area (Å²) in [5.74, 6) is 1.70. The van der Waals surface area contributed by atoms with Crippen molar-refractivity contribution in [1.29, 1.82) is 0 Å². The van der Waals surface area contributed by atoms with Gasteiger partial charge in [0.05, 0.1) is 5.75 Å². The van der Waals surface area contributed by atoms with E-state index >= 15 is 0 Å². The number of sulfone groups is 1. The highest BCUT2D eigenvalue weighted by molar-refractivity contribution is 14.0. The number of aliphatic imine (C=N–C) groups is 1. The molecule has 1 aliphatic carbocycles. The summed E-state index contributed by atoms with van der Waals surface area (Å²) in [6.45, 7) is 2.82. The lowest BCUT2D eigenvalue weighted by Crippen LogP contribution is -2.39. The molecule has 7 heteroatoms. The molecule has 1 rings (SSSR count). The van der Waals surface area contributed by atoms with E-state index in [0.29, 0.717) is 19.0 Å². The molecule has 0 radical (unpaired) electrons. The standard InChI is InChI=1S/C10H21N3O2S.HI/c1-8-7-9(8)13-10(11-2)12-5-4-6-16(3,14)15;/h8-9H,4-7H2,1-3H3,(H2,11,12,13);1H. The summed E-state index contributed by atoms with van der Waals surface area (Å²) < 4.78 is 21.8. The van der Waals surface area contributed by atoms with E-state index in [-0.39, 0.29) is 29.7 Å². The molecule has 0 heterocycles. The third-order valence-electron chi connectivity index (χ3n) is 2.64. The first-order valence-electron chi connectivity index (χ1n) is 5.57. The molecule has 2 unspecified atom stereocenters. The average Bonchev–Trinajstić information content (AvgIpc) is 2.85. The van der Waals surface area contributed by atoms with Crippen LogP contribution in [0.2, 0.25) is 0 Å². The fourth-order valence-corrected chi connectivity index (χ4v) is 2.10. The smallest absolute Gasteiger partial charge is 0.191 e. The second kappa shape index (κ2) is 7.40. The number of hydrogen-bond donors (Lipinski definition) is 2. The number of nitrogens with zero attached hydrogens (tertiary/aromatic N) is 1. The van der Waals surface area contributed by atoms with E-state index in [0.717, 1.165) is 11.9 Å². The molecular formula is C10H22IN3O2S. The third kappa shape index (κ3) is 7.80. The maximum absolute atomic E-state index is 10.9. The Balaban J connectivity index is 0.00000256. The van der Waals surface area contributed by atoms with E-state index in [1.54, 1.807) is 7.05 Å². The minimum absolute atomic E-state index is 0. The van der Waals surface area contributed by atoms with Crippen molar-refractivity contribution in [2.75, 3.05) is 25.6 Å². The predicted molar refractivity (Wildman–Crippen MR) is 81.8 cm³/mol. The summed E-state index contributed by atoms with van der Waals surface area (Å²) in [5.41, 5.74) is 0. The van der Waals surface area contributed by atoms with Gasteiger partial charge in [-0.1, -0.05) is 6.92 Å². The van der Waals surface area contributed by atoms with Gasteiger partial charge in [-0.2, -0.15) is 0 Å². The lowest BCUT2D eigenvalue weighted by Gasteiger charge is -2.10. The van der Waals surface area contributed by atoms with Gasteiger partial charge in [-0.25, -0.2) is 8.42 Å². The zero-order chi connectivity index (χ0) is 12.2. The van der Waals surface area contributed by atoms with Crippen LogP contribution < -0.4 is 10.6 Å². The van der Waals surface area contributed by atoms with E-state index in [2.05, 4.69) is 22.5 Å². The van der Waals surface area contributed by atoms with E-state index in [1.165, 1.54) is 12.7 Å². The van der Waals surface area contributed by atoms with E-state index < -0.39 is 9.84 Å². The quantitative estimate of drug-likeness (QED) is 0.320. The molecule has 1 aliphatic rings. The van der Waals surface area contributed by atoms with Crippen LogP contribution in [0.4, 0.5) is 0 Å². The van der Waals surface area contributed by atoms with Gasteiger partial charge >= 0.3 is 0 Å². The third-order valence-corrected chi connectivity index (χ3v) is 3.67. The Kier molecular flexibility index (Phi) is 7.38. The molecule has 1 fully saturated rings. The Labute approximate surface area is 121 Å². The number of guanidine groups is 1. The van der Waals surface area contributed by atoms with Crippen molar-refractivity contribution in [2.24, 2.45) is 10.9 Å².